The Morgan fingerprint density at radius 1 is 1.30 bits per heavy atom. The summed E-state index contributed by atoms with van der Waals surface area (Å²) >= 11 is 0. The normalized spacial score (nSPS) is 33.0. The topological polar surface area (TPSA) is 45.1 Å². The lowest BCUT2D eigenvalue weighted by Crippen LogP contribution is -2.65. The highest BCUT2D eigenvalue weighted by Gasteiger charge is 2.55. The number of nitrogens with one attached hydrogen (secondary N) is 1. The first-order valence-electron chi connectivity index (χ1n) is 7.92. The van der Waals surface area contributed by atoms with Crippen molar-refractivity contribution in [2.24, 2.45) is 17.3 Å². The van der Waals surface area contributed by atoms with E-state index in [0.717, 1.165) is 17.4 Å². The molecule has 0 spiro atoms. The van der Waals surface area contributed by atoms with Crippen molar-refractivity contribution in [2.75, 3.05) is 6.54 Å². The molecular weight excluding hydrogens is 248 g/mol. The highest BCUT2D eigenvalue weighted by Crippen LogP contribution is 2.57. The Labute approximate surface area is 121 Å². The van der Waals surface area contributed by atoms with Gasteiger partial charge in [0.1, 0.15) is 0 Å². The zero-order valence-corrected chi connectivity index (χ0v) is 12.5. The van der Waals surface area contributed by atoms with Gasteiger partial charge in [0.05, 0.1) is 6.10 Å². The average molecular weight is 274 g/mol. The SMILES string of the molecule is CC1(C)C(NCC(O)c2ccncc2)[C@@H]2CCCC[C@@H]21. The van der Waals surface area contributed by atoms with Crippen LogP contribution in [0.4, 0.5) is 0 Å². The first-order chi connectivity index (χ1) is 9.60. The fourth-order valence-corrected chi connectivity index (χ4v) is 4.50. The van der Waals surface area contributed by atoms with Gasteiger partial charge in [0.25, 0.3) is 0 Å². The number of aliphatic hydroxyl groups is 1. The molecule has 2 unspecified atom stereocenters. The smallest absolute Gasteiger partial charge is 0.0915 e. The van der Waals surface area contributed by atoms with Gasteiger partial charge in [0.2, 0.25) is 0 Å². The van der Waals surface area contributed by atoms with Gasteiger partial charge >= 0.3 is 0 Å². The van der Waals surface area contributed by atoms with Crippen molar-refractivity contribution in [3.05, 3.63) is 30.1 Å². The number of rotatable bonds is 4. The second kappa shape index (κ2) is 5.45. The van der Waals surface area contributed by atoms with Crippen LogP contribution in [0.1, 0.15) is 51.2 Å². The number of nitrogens with zero attached hydrogens (tertiary/aromatic N) is 1. The lowest BCUT2D eigenvalue weighted by atomic mass is 9.48. The fraction of sp³-hybridized carbons (Fsp3) is 0.706. The van der Waals surface area contributed by atoms with Gasteiger partial charge in [-0.1, -0.05) is 26.7 Å². The van der Waals surface area contributed by atoms with Crippen LogP contribution in [0, 0.1) is 17.3 Å². The Hall–Kier alpha value is -0.930. The highest BCUT2D eigenvalue weighted by atomic mass is 16.3. The van der Waals surface area contributed by atoms with Crippen molar-refractivity contribution in [3.63, 3.8) is 0 Å². The Bertz CT molecular complexity index is 446. The molecule has 110 valence electrons. The molecule has 2 saturated carbocycles. The van der Waals surface area contributed by atoms with Crippen molar-refractivity contribution in [3.8, 4) is 0 Å². The van der Waals surface area contributed by atoms with Crippen LogP contribution in [0.5, 0.6) is 0 Å². The van der Waals surface area contributed by atoms with Gasteiger partial charge in [-0.05, 0) is 47.8 Å². The maximum absolute atomic E-state index is 10.3. The lowest BCUT2D eigenvalue weighted by molar-refractivity contribution is -0.0903. The van der Waals surface area contributed by atoms with E-state index in [0.29, 0.717) is 18.0 Å². The van der Waals surface area contributed by atoms with Crippen molar-refractivity contribution in [1.82, 2.24) is 10.3 Å². The number of pyridine rings is 1. The van der Waals surface area contributed by atoms with E-state index < -0.39 is 6.10 Å². The fourth-order valence-electron chi connectivity index (χ4n) is 4.50. The predicted molar refractivity (Wildman–Crippen MR) is 80.2 cm³/mol. The van der Waals surface area contributed by atoms with Gasteiger partial charge < -0.3 is 10.4 Å². The summed E-state index contributed by atoms with van der Waals surface area (Å²) in [5.74, 6) is 1.70. The maximum atomic E-state index is 10.3. The average Bonchev–Trinajstić information content (AvgIpc) is 2.48. The van der Waals surface area contributed by atoms with Crippen LogP contribution in [-0.2, 0) is 0 Å². The molecule has 0 radical (unpaired) electrons. The first kappa shape index (κ1) is 14.0. The molecule has 2 aliphatic rings. The molecule has 3 heteroatoms. The van der Waals surface area contributed by atoms with Crippen LogP contribution in [0.15, 0.2) is 24.5 Å². The second-order valence-corrected chi connectivity index (χ2v) is 7.06. The third-order valence-electron chi connectivity index (χ3n) is 5.63. The van der Waals surface area contributed by atoms with Gasteiger partial charge in [-0.3, -0.25) is 4.98 Å². The monoisotopic (exact) mass is 274 g/mol. The maximum Gasteiger partial charge on any atom is 0.0915 e. The molecule has 3 nitrogen and oxygen atoms in total. The van der Waals surface area contributed by atoms with Gasteiger partial charge in [-0.15, -0.1) is 0 Å². The van der Waals surface area contributed by atoms with Crippen LogP contribution in [-0.4, -0.2) is 22.7 Å². The molecule has 20 heavy (non-hydrogen) atoms. The van der Waals surface area contributed by atoms with Gasteiger partial charge in [0, 0.05) is 25.0 Å². The van der Waals surface area contributed by atoms with E-state index in [4.69, 9.17) is 0 Å². The molecular formula is C17H26N2O. The molecule has 0 bridgehead atoms. The number of aromatic nitrogens is 1. The first-order valence-corrected chi connectivity index (χ1v) is 7.92. The summed E-state index contributed by atoms with van der Waals surface area (Å²) in [4.78, 5) is 4.00. The van der Waals surface area contributed by atoms with E-state index in [1.54, 1.807) is 12.4 Å². The molecule has 2 aliphatic carbocycles. The van der Waals surface area contributed by atoms with Gasteiger partial charge in [-0.2, -0.15) is 0 Å². The van der Waals surface area contributed by atoms with Crippen LogP contribution < -0.4 is 5.32 Å². The summed E-state index contributed by atoms with van der Waals surface area (Å²) in [7, 11) is 0. The van der Waals surface area contributed by atoms with Crippen LogP contribution in [0.3, 0.4) is 0 Å². The standard InChI is InChI=1S/C17H26N2O/c1-17(2)14-6-4-3-5-13(14)16(17)19-11-15(20)12-7-9-18-10-8-12/h7-10,13-16,19-20H,3-6,11H2,1-2H3/t13-,14+,15?,16?/m1/s1. The minimum absolute atomic E-state index is 0.378. The van der Waals surface area contributed by atoms with E-state index in [1.165, 1.54) is 25.7 Å². The molecule has 0 aromatic carbocycles. The predicted octanol–water partition coefficient (Wildman–Crippen LogP) is 2.92. The molecule has 0 amide bonds. The molecule has 4 atom stereocenters. The zero-order valence-electron chi connectivity index (χ0n) is 12.5. The molecule has 2 N–H and O–H groups in total. The summed E-state index contributed by atoms with van der Waals surface area (Å²) in [6.45, 7) is 5.41. The summed E-state index contributed by atoms with van der Waals surface area (Å²) < 4.78 is 0. The van der Waals surface area contributed by atoms with E-state index in [-0.39, 0.29) is 0 Å². The van der Waals surface area contributed by atoms with Crippen LogP contribution >= 0.6 is 0 Å². The van der Waals surface area contributed by atoms with E-state index in [1.807, 2.05) is 12.1 Å². The molecule has 2 fully saturated rings. The van der Waals surface area contributed by atoms with Gasteiger partial charge in [-0.25, -0.2) is 0 Å². The minimum atomic E-state index is -0.434. The van der Waals surface area contributed by atoms with Crippen molar-refractivity contribution in [1.29, 1.82) is 0 Å². The molecule has 1 aromatic rings. The number of hydrogen-bond donors (Lipinski definition) is 2. The highest BCUT2D eigenvalue weighted by molar-refractivity contribution is 5.14. The van der Waals surface area contributed by atoms with Crippen LogP contribution in [0.25, 0.3) is 0 Å². The molecule has 0 aliphatic heterocycles. The molecule has 0 saturated heterocycles. The summed E-state index contributed by atoms with van der Waals surface area (Å²) in [5, 5.41) is 13.9. The quantitative estimate of drug-likeness (QED) is 0.887. The van der Waals surface area contributed by atoms with E-state index in [9.17, 15) is 5.11 Å². The van der Waals surface area contributed by atoms with Crippen molar-refractivity contribution >= 4 is 0 Å². The van der Waals surface area contributed by atoms with Crippen molar-refractivity contribution < 1.29 is 5.11 Å². The number of hydrogen-bond acceptors (Lipinski definition) is 3. The van der Waals surface area contributed by atoms with E-state index >= 15 is 0 Å². The van der Waals surface area contributed by atoms with Crippen LogP contribution in [0.2, 0.25) is 0 Å². The summed E-state index contributed by atoms with van der Waals surface area (Å²) in [6, 6.07) is 4.34. The third-order valence-corrected chi connectivity index (χ3v) is 5.63. The molecule has 3 rings (SSSR count). The number of aliphatic hydroxyl groups excluding tert-OH is 1. The van der Waals surface area contributed by atoms with E-state index in [2.05, 4.69) is 24.1 Å². The Kier molecular flexibility index (Phi) is 3.83. The van der Waals surface area contributed by atoms with Crippen molar-refractivity contribution in [2.45, 2.75) is 51.7 Å². The van der Waals surface area contributed by atoms with Gasteiger partial charge in [0.15, 0.2) is 0 Å². The Morgan fingerprint density at radius 3 is 2.75 bits per heavy atom. The lowest BCUT2D eigenvalue weighted by Gasteiger charge is -2.61. The zero-order chi connectivity index (χ0) is 14.2. The molecule has 1 heterocycles. The summed E-state index contributed by atoms with van der Waals surface area (Å²) in [6.07, 6.45) is 8.57. The second-order valence-electron chi connectivity index (χ2n) is 7.06. The number of fused-ring (bicyclic) bond motifs is 1. The third kappa shape index (κ3) is 2.38. The Balaban J connectivity index is 1.58. The summed E-state index contributed by atoms with van der Waals surface area (Å²) in [5.41, 5.74) is 1.33. The Morgan fingerprint density at radius 2 is 2.00 bits per heavy atom. The molecule has 1 aromatic heterocycles. The largest absolute Gasteiger partial charge is 0.387 e. The minimum Gasteiger partial charge on any atom is -0.387 e.